The lowest BCUT2D eigenvalue weighted by Gasteiger charge is -2.05. The third kappa shape index (κ3) is 3.51. The molecule has 1 N–H and O–H groups in total. The molecule has 0 aliphatic rings. The maximum Gasteiger partial charge on any atom is 0.453 e. The number of aromatic carboxylic acids is 1. The van der Waals surface area contributed by atoms with E-state index in [9.17, 15) is 23.1 Å². The topological polar surface area (TPSA) is 112 Å². The van der Waals surface area contributed by atoms with Crippen LogP contribution in [0.5, 0.6) is 0 Å². The van der Waals surface area contributed by atoms with Gasteiger partial charge in [0.05, 0.1) is 10.7 Å². The highest BCUT2D eigenvalue weighted by Gasteiger charge is 2.37. The van der Waals surface area contributed by atoms with Gasteiger partial charge in [-0.3, -0.25) is 0 Å². The first-order valence-electron chi connectivity index (χ1n) is 7.17. The molecule has 27 heavy (non-hydrogen) atoms. The molecule has 0 saturated carbocycles. The smallest absolute Gasteiger partial charge is 0.453 e. The first-order chi connectivity index (χ1) is 12.7. The Morgan fingerprint density at radius 1 is 1.37 bits per heavy atom. The second-order valence-electron chi connectivity index (χ2n) is 5.15. The minimum absolute atomic E-state index is 0.0673. The van der Waals surface area contributed by atoms with Crippen LogP contribution in [0.15, 0.2) is 18.3 Å². The fraction of sp³-hybridized carbons (Fsp3) is 0.143. The van der Waals surface area contributed by atoms with E-state index in [0.29, 0.717) is 4.68 Å². The van der Waals surface area contributed by atoms with E-state index in [-0.39, 0.29) is 27.8 Å². The maximum absolute atomic E-state index is 12.8. The highest BCUT2D eigenvalue weighted by molar-refractivity contribution is 6.32. The number of nitrogens with zero attached hydrogens (tertiary/aromatic N) is 7. The number of carboxylic acid groups (broad SMARTS) is 1. The molecule has 0 spiro atoms. The van der Waals surface area contributed by atoms with Crippen molar-refractivity contribution in [2.75, 3.05) is 0 Å². The normalized spacial score (nSPS) is 12.0. The van der Waals surface area contributed by atoms with Gasteiger partial charge in [0.15, 0.2) is 11.5 Å². The number of carbonyl (C=O) groups is 1. The Labute approximate surface area is 153 Å². The Hall–Kier alpha value is -3.28. The first-order valence-corrected chi connectivity index (χ1v) is 7.55. The van der Waals surface area contributed by atoms with Crippen molar-refractivity contribution in [1.29, 1.82) is 0 Å². The van der Waals surface area contributed by atoms with Gasteiger partial charge in [0.25, 0.3) is 5.82 Å². The van der Waals surface area contributed by atoms with Crippen LogP contribution in [0.25, 0.3) is 18.1 Å². The van der Waals surface area contributed by atoms with E-state index in [1.165, 1.54) is 19.2 Å². The summed E-state index contributed by atoms with van der Waals surface area (Å²) in [5, 5.41) is 22.8. The van der Waals surface area contributed by atoms with E-state index < -0.39 is 18.0 Å². The molecule has 0 aliphatic carbocycles. The van der Waals surface area contributed by atoms with Crippen LogP contribution in [-0.2, 0) is 6.18 Å². The second kappa shape index (κ2) is 6.79. The quantitative estimate of drug-likeness (QED) is 0.717. The predicted octanol–water partition coefficient (Wildman–Crippen LogP) is 2.56. The van der Waals surface area contributed by atoms with Crippen LogP contribution < -0.4 is 0 Å². The summed E-state index contributed by atoms with van der Waals surface area (Å²) >= 11 is 6.04. The minimum atomic E-state index is -4.75. The van der Waals surface area contributed by atoms with Crippen molar-refractivity contribution in [2.24, 2.45) is 0 Å². The molecule has 0 saturated heterocycles. The van der Waals surface area contributed by atoms with Crippen LogP contribution >= 0.6 is 11.6 Å². The molecule has 0 fully saturated rings. The number of hydrogen-bond donors (Lipinski definition) is 1. The molecule has 9 nitrogen and oxygen atoms in total. The van der Waals surface area contributed by atoms with E-state index in [1.54, 1.807) is 6.07 Å². The van der Waals surface area contributed by atoms with Crippen molar-refractivity contribution < 1.29 is 23.1 Å². The van der Waals surface area contributed by atoms with Gasteiger partial charge in [-0.2, -0.15) is 23.0 Å². The predicted molar refractivity (Wildman–Crippen MR) is 86.1 cm³/mol. The lowest BCUT2D eigenvalue weighted by atomic mass is 10.2. The van der Waals surface area contributed by atoms with Crippen LogP contribution in [0.4, 0.5) is 13.2 Å². The highest BCUT2D eigenvalue weighted by Crippen LogP contribution is 2.27. The molecular formula is C14H9ClF3N7O2. The lowest BCUT2D eigenvalue weighted by Crippen LogP contribution is -2.12. The Morgan fingerprint density at radius 2 is 2.11 bits per heavy atom. The van der Waals surface area contributed by atoms with Crippen LogP contribution in [0.1, 0.15) is 27.6 Å². The molecule has 3 aromatic heterocycles. The van der Waals surface area contributed by atoms with Gasteiger partial charge < -0.3 is 5.11 Å². The zero-order valence-corrected chi connectivity index (χ0v) is 14.1. The zero-order chi connectivity index (χ0) is 19.8. The molecule has 3 rings (SSSR count). The van der Waals surface area contributed by atoms with Crippen molar-refractivity contribution in [3.05, 3.63) is 46.1 Å². The van der Waals surface area contributed by atoms with Crippen LogP contribution in [0.3, 0.4) is 0 Å². The summed E-state index contributed by atoms with van der Waals surface area (Å²) in [4.78, 5) is 15.6. The monoisotopic (exact) mass is 399 g/mol. The largest absolute Gasteiger partial charge is 0.476 e. The standard InChI is InChI=1S/C14H9ClF3N7O2/c1-7-9(4-6-24-13(14(16,17)18)20-22-23-24)21-25(10(7)12(26)27)11-8(15)3-2-5-19-11/h2-6H,1H3,(H,26,27)/b6-4+. The Morgan fingerprint density at radius 3 is 2.74 bits per heavy atom. The van der Waals surface area contributed by atoms with Gasteiger partial charge >= 0.3 is 12.1 Å². The molecule has 3 aromatic rings. The lowest BCUT2D eigenvalue weighted by molar-refractivity contribution is -0.146. The number of alkyl halides is 3. The van der Waals surface area contributed by atoms with E-state index in [1.807, 2.05) is 0 Å². The van der Waals surface area contributed by atoms with Crippen LogP contribution in [-0.4, -0.2) is 46.0 Å². The van der Waals surface area contributed by atoms with Crippen LogP contribution in [0.2, 0.25) is 5.02 Å². The fourth-order valence-corrected chi connectivity index (χ4v) is 2.43. The Bertz CT molecular complexity index is 1040. The average Bonchev–Trinajstić information content (AvgIpc) is 3.17. The third-order valence-electron chi connectivity index (χ3n) is 3.42. The summed E-state index contributed by atoms with van der Waals surface area (Å²) in [7, 11) is 0. The van der Waals surface area contributed by atoms with Gasteiger partial charge in [-0.25, -0.2) is 14.5 Å². The summed E-state index contributed by atoms with van der Waals surface area (Å²) in [6.45, 7) is 1.45. The number of hydrogen-bond acceptors (Lipinski definition) is 6. The van der Waals surface area contributed by atoms with E-state index in [0.717, 1.165) is 17.0 Å². The van der Waals surface area contributed by atoms with Gasteiger partial charge in [-0.05, 0) is 35.6 Å². The first kappa shape index (κ1) is 18.5. The summed E-state index contributed by atoms with van der Waals surface area (Å²) in [5.74, 6) is -2.57. The summed E-state index contributed by atoms with van der Waals surface area (Å²) in [6, 6.07) is 3.05. The number of aromatic nitrogens is 7. The third-order valence-corrected chi connectivity index (χ3v) is 3.72. The van der Waals surface area contributed by atoms with E-state index in [4.69, 9.17) is 11.6 Å². The highest BCUT2D eigenvalue weighted by atomic mass is 35.5. The van der Waals surface area contributed by atoms with Gasteiger partial charge in [-0.1, -0.05) is 11.6 Å². The SMILES string of the molecule is Cc1c(/C=C/n2nnnc2C(F)(F)F)nn(-c2ncccc2Cl)c1C(=O)O. The molecule has 0 radical (unpaired) electrons. The number of halogens is 4. The minimum Gasteiger partial charge on any atom is -0.476 e. The van der Waals surface area contributed by atoms with Gasteiger partial charge in [0, 0.05) is 18.0 Å². The van der Waals surface area contributed by atoms with Gasteiger partial charge in [0.1, 0.15) is 0 Å². The molecule has 0 aliphatic heterocycles. The van der Waals surface area contributed by atoms with E-state index in [2.05, 4.69) is 25.6 Å². The Balaban J connectivity index is 2.08. The number of rotatable bonds is 4. The second-order valence-corrected chi connectivity index (χ2v) is 5.55. The molecule has 0 amide bonds. The average molecular weight is 400 g/mol. The van der Waals surface area contributed by atoms with Crippen molar-refractivity contribution in [1.82, 2.24) is 35.0 Å². The zero-order valence-electron chi connectivity index (χ0n) is 13.4. The molecule has 0 unspecified atom stereocenters. The van der Waals surface area contributed by atoms with Crippen LogP contribution in [0, 0.1) is 6.92 Å². The maximum atomic E-state index is 12.8. The molecule has 13 heteroatoms. The summed E-state index contributed by atoms with van der Waals surface area (Å²) in [6.07, 6.45) is -1.28. The molecule has 0 aromatic carbocycles. The number of tetrazole rings is 1. The summed E-state index contributed by atoms with van der Waals surface area (Å²) < 4.78 is 39.8. The van der Waals surface area contributed by atoms with Gasteiger partial charge in [-0.15, -0.1) is 5.10 Å². The van der Waals surface area contributed by atoms with Gasteiger partial charge in [0.2, 0.25) is 0 Å². The number of pyridine rings is 1. The van der Waals surface area contributed by atoms with E-state index >= 15 is 0 Å². The van der Waals surface area contributed by atoms with Crippen molar-refractivity contribution in [2.45, 2.75) is 13.1 Å². The van der Waals surface area contributed by atoms with Crippen molar-refractivity contribution >= 4 is 29.8 Å². The van der Waals surface area contributed by atoms with Crippen molar-refractivity contribution in [3.63, 3.8) is 0 Å². The van der Waals surface area contributed by atoms with Crippen molar-refractivity contribution in [3.8, 4) is 5.82 Å². The fourth-order valence-electron chi connectivity index (χ4n) is 2.23. The molecule has 3 heterocycles. The molecule has 0 atom stereocenters. The summed E-state index contributed by atoms with van der Waals surface area (Å²) in [5.41, 5.74) is 0.0443. The molecule has 0 bridgehead atoms. The number of carboxylic acids is 1. The molecule has 140 valence electrons. The molecular weight excluding hydrogens is 391 g/mol. The Kier molecular flexibility index (Phi) is 4.66.